The molecule has 6 nitrogen and oxygen atoms in total. The van der Waals surface area contributed by atoms with E-state index in [4.69, 9.17) is 4.98 Å². The number of fused-ring (bicyclic) bond motifs is 4. The van der Waals surface area contributed by atoms with Crippen molar-refractivity contribution >= 4 is 57.4 Å². The summed E-state index contributed by atoms with van der Waals surface area (Å²) >= 11 is 0. The van der Waals surface area contributed by atoms with Crippen LogP contribution in [0.15, 0.2) is 85.5 Å². The molecule has 7 rings (SSSR count). The number of nitrogens with zero attached hydrogens (tertiary/aromatic N) is 6. The summed E-state index contributed by atoms with van der Waals surface area (Å²) < 4.78 is 2.24. The molecular formula is C35H33N6PtSi-3. The van der Waals surface area contributed by atoms with Crippen molar-refractivity contribution in [1.82, 2.24) is 19.5 Å². The van der Waals surface area contributed by atoms with Crippen LogP contribution < -0.4 is 20.2 Å². The van der Waals surface area contributed by atoms with E-state index in [1.807, 2.05) is 36.5 Å². The molecule has 43 heavy (non-hydrogen) atoms. The molecular weight excluding hydrogens is 728 g/mol. The molecule has 0 amide bonds. The van der Waals surface area contributed by atoms with Gasteiger partial charge in [-0.15, -0.1) is 17.1 Å². The van der Waals surface area contributed by atoms with Gasteiger partial charge in [0, 0.05) is 32.8 Å². The molecule has 0 unspecified atom stereocenters. The first-order valence-electron chi connectivity index (χ1n) is 14.3. The molecule has 0 spiro atoms. The van der Waals surface area contributed by atoms with E-state index in [0.29, 0.717) is 0 Å². The summed E-state index contributed by atoms with van der Waals surface area (Å²) in [6, 6.07) is 31.5. The minimum Gasteiger partial charge on any atom is -0.491 e. The Bertz CT molecular complexity index is 1960. The minimum absolute atomic E-state index is 0. The van der Waals surface area contributed by atoms with Crippen LogP contribution in [0.25, 0.3) is 27.6 Å². The molecule has 3 aromatic carbocycles. The van der Waals surface area contributed by atoms with Crippen molar-refractivity contribution in [2.24, 2.45) is 0 Å². The molecule has 8 heteroatoms. The molecule has 0 bridgehead atoms. The maximum absolute atomic E-state index is 4.72. The molecule has 6 aromatic rings. The predicted molar refractivity (Wildman–Crippen MR) is 175 cm³/mol. The third-order valence-corrected chi connectivity index (χ3v) is 11.6. The molecule has 4 heterocycles. The Morgan fingerprint density at radius 3 is 2.42 bits per heavy atom. The fourth-order valence-corrected chi connectivity index (χ4v) is 8.00. The second-order valence-electron chi connectivity index (χ2n) is 12.5. The Morgan fingerprint density at radius 2 is 1.65 bits per heavy atom. The van der Waals surface area contributed by atoms with Gasteiger partial charge in [-0.1, -0.05) is 63.6 Å². The van der Waals surface area contributed by atoms with Crippen LogP contribution in [0, 0.1) is 18.8 Å². The van der Waals surface area contributed by atoms with Crippen LogP contribution in [0.4, 0.5) is 17.2 Å². The first-order valence-corrected chi connectivity index (χ1v) is 17.3. The summed E-state index contributed by atoms with van der Waals surface area (Å²) in [4.78, 5) is 17.7. The number of para-hydroxylation sites is 1. The Hall–Kier alpha value is -3.80. The monoisotopic (exact) mass is 760 g/mol. The van der Waals surface area contributed by atoms with Gasteiger partial charge in [0.1, 0.15) is 18.0 Å². The number of benzene rings is 3. The summed E-state index contributed by atoms with van der Waals surface area (Å²) in [5.74, 6) is 1.79. The first-order chi connectivity index (χ1) is 20.1. The van der Waals surface area contributed by atoms with Crippen molar-refractivity contribution in [3.8, 4) is 5.82 Å². The fourth-order valence-electron chi connectivity index (χ4n) is 5.82. The Balaban J connectivity index is 0.00000329. The number of pyridine rings is 1. The molecule has 0 atom stereocenters. The van der Waals surface area contributed by atoms with Gasteiger partial charge in [0.05, 0.1) is 20.0 Å². The second kappa shape index (κ2) is 10.7. The maximum atomic E-state index is 4.72. The molecule has 0 radical (unpaired) electrons. The molecule has 0 saturated heterocycles. The van der Waals surface area contributed by atoms with Gasteiger partial charge in [0.25, 0.3) is 0 Å². The number of hydrogen-bond donors (Lipinski definition) is 0. The van der Waals surface area contributed by atoms with Crippen LogP contribution in [0.5, 0.6) is 0 Å². The van der Waals surface area contributed by atoms with E-state index in [9.17, 15) is 0 Å². The summed E-state index contributed by atoms with van der Waals surface area (Å²) in [5, 5.41) is 4.86. The van der Waals surface area contributed by atoms with Crippen LogP contribution in [-0.4, -0.2) is 34.6 Å². The molecule has 0 N–H and O–H groups in total. The quantitative estimate of drug-likeness (QED) is 0.154. The molecule has 1 aliphatic rings. The number of aromatic nitrogens is 4. The van der Waals surface area contributed by atoms with Gasteiger partial charge in [-0.25, -0.2) is 15.0 Å². The van der Waals surface area contributed by atoms with Gasteiger partial charge in [-0.3, -0.25) is 0 Å². The molecule has 1 aliphatic heterocycles. The van der Waals surface area contributed by atoms with Gasteiger partial charge < -0.3 is 14.4 Å². The minimum atomic E-state index is -2.28. The van der Waals surface area contributed by atoms with Crippen LogP contribution >= 0.6 is 0 Å². The predicted octanol–water partition coefficient (Wildman–Crippen LogP) is 6.39. The van der Waals surface area contributed by atoms with Gasteiger partial charge in [-0.05, 0) is 36.0 Å². The molecule has 3 aromatic heterocycles. The summed E-state index contributed by atoms with van der Waals surface area (Å²) in [6.45, 7) is 13.7. The van der Waals surface area contributed by atoms with E-state index in [2.05, 4.69) is 127 Å². The average molecular weight is 761 g/mol. The van der Waals surface area contributed by atoms with Crippen LogP contribution in [0.1, 0.15) is 26.3 Å². The zero-order valence-corrected chi connectivity index (χ0v) is 28.4. The van der Waals surface area contributed by atoms with E-state index in [0.717, 1.165) is 34.0 Å². The number of hydrogen-bond acceptors (Lipinski definition) is 5. The summed E-state index contributed by atoms with van der Waals surface area (Å²) in [6.07, 6.45) is 5.32. The average Bonchev–Trinajstić information content (AvgIpc) is 3.51. The number of anilines is 3. The summed E-state index contributed by atoms with van der Waals surface area (Å²) in [5.41, 5.74) is 5.39. The largest absolute Gasteiger partial charge is 0.491 e. The van der Waals surface area contributed by atoms with E-state index in [1.54, 1.807) is 6.33 Å². The van der Waals surface area contributed by atoms with Crippen molar-refractivity contribution in [2.75, 3.05) is 16.8 Å². The maximum Gasteiger partial charge on any atom is 0.135 e. The van der Waals surface area contributed by atoms with Crippen molar-refractivity contribution < 1.29 is 21.1 Å². The zero-order valence-electron chi connectivity index (χ0n) is 25.2. The topological polar surface area (TPSA) is 50.1 Å². The fraction of sp³-hybridized carbons (Fsp3) is 0.200. The smallest absolute Gasteiger partial charge is 0.135 e. The van der Waals surface area contributed by atoms with Crippen LogP contribution in [0.2, 0.25) is 13.1 Å². The van der Waals surface area contributed by atoms with Gasteiger partial charge >= 0.3 is 0 Å². The van der Waals surface area contributed by atoms with Crippen molar-refractivity contribution in [3.05, 3.63) is 110 Å². The normalized spacial score (nSPS) is 13.4. The number of rotatable bonds is 4. The van der Waals surface area contributed by atoms with Crippen molar-refractivity contribution in [1.29, 1.82) is 0 Å². The van der Waals surface area contributed by atoms with Crippen LogP contribution in [0.3, 0.4) is 0 Å². The zero-order chi connectivity index (χ0) is 29.2. The van der Waals surface area contributed by atoms with E-state index >= 15 is 0 Å². The van der Waals surface area contributed by atoms with Crippen LogP contribution in [-0.2, 0) is 26.5 Å². The molecule has 220 valence electrons. The molecule has 0 aliphatic carbocycles. The Labute approximate surface area is 268 Å². The Kier molecular flexibility index (Phi) is 7.30. The van der Waals surface area contributed by atoms with Gasteiger partial charge in [-0.2, -0.15) is 52.9 Å². The van der Waals surface area contributed by atoms with E-state index < -0.39 is 8.07 Å². The first kappa shape index (κ1) is 29.3. The van der Waals surface area contributed by atoms with E-state index in [-0.39, 0.29) is 26.5 Å². The van der Waals surface area contributed by atoms with E-state index in [1.165, 1.54) is 26.7 Å². The van der Waals surface area contributed by atoms with Gasteiger partial charge in [0.2, 0.25) is 0 Å². The molecule has 0 saturated carbocycles. The SMILES string of the molecule is CN1[CH-]N(c2[c-]c([Si](C)(C)c3[c-]c4c(cc3)c3ccccc3n4-c3ccccn3)cc(C(C)(C)C)c2)c2cncnc21.[Pt]. The third kappa shape index (κ3) is 4.89. The molecule has 0 fully saturated rings. The summed E-state index contributed by atoms with van der Waals surface area (Å²) in [7, 11) is -0.259. The third-order valence-electron chi connectivity index (χ3n) is 8.34. The second-order valence-corrected chi connectivity index (χ2v) is 16.9. The van der Waals surface area contributed by atoms with Crippen molar-refractivity contribution in [3.63, 3.8) is 0 Å². The Morgan fingerprint density at radius 1 is 0.860 bits per heavy atom. The van der Waals surface area contributed by atoms with Gasteiger partial charge in [0.15, 0.2) is 0 Å². The standard InChI is InChI=1S/C35H33N6Si.Pt/c1-35(2,3)24-17-25(40-23-39(4)34-32(40)21-36-22-38-34)19-27(18-24)42(5,6)26-14-15-29-28-11-7-8-12-30(28)41(31(29)20-26)33-13-9-10-16-37-33;/h7-18,21-23H,1-6H3;/q-3;. The van der Waals surface area contributed by atoms with Crippen molar-refractivity contribution in [2.45, 2.75) is 39.3 Å².